The topological polar surface area (TPSA) is 31.9 Å². The van der Waals surface area contributed by atoms with Gasteiger partial charge in [0.15, 0.2) is 0 Å². The van der Waals surface area contributed by atoms with Crippen LogP contribution >= 0.6 is 0 Å². The maximum atomic E-state index is 4.63. The molecule has 0 amide bonds. The maximum absolute atomic E-state index is 4.63. The molecule has 2 aromatic carbocycles. The third kappa shape index (κ3) is 3.38. The molecule has 25 heavy (non-hydrogen) atoms. The zero-order valence-electron chi connectivity index (χ0n) is 15.0. The van der Waals surface area contributed by atoms with Crippen LogP contribution in [0, 0.1) is 0 Å². The molecule has 1 aliphatic rings. The first-order chi connectivity index (χ1) is 12.2. The Morgan fingerprint density at radius 2 is 1.80 bits per heavy atom. The minimum absolute atomic E-state index is 0.559. The van der Waals surface area contributed by atoms with E-state index in [2.05, 4.69) is 83.5 Å². The van der Waals surface area contributed by atoms with Crippen molar-refractivity contribution in [3.05, 3.63) is 77.0 Å². The first-order valence-electron chi connectivity index (χ1n) is 9.13. The summed E-state index contributed by atoms with van der Waals surface area (Å²) in [7, 11) is 0. The van der Waals surface area contributed by atoms with Gasteiger partial charge in [0.1, 0.15) is 0 Å². The number of nitrogens with zero attached hydrogens (tertiary/aromatic N) is 2. The van der Waals surface area contributed by atoms with Gasteiger partial charge in [0.25, 0.3) is 0 Å². The number of nitrogens with one attached hydrogen (secondary N) is 1. The van der Waals surface area contributed by atoms with E-state index in [1.807, 2.05) is 0 Å². The zero-order chi connectivity index (χ0) is 17.2. The van der Waals surface area contributed by atoms with E-state index in [9.17, 15) is 0 Å². The first-order valence-corrected chi connectivity index (χ1v) is 9.13. The average molecular weight is 331 g/mol. The molecule has 4 rings (SSSR count). The van der Waals surface area contributed by atoms with E-state index >= 15 is 0 Å². The first kappa shape index (κ1) is 16.1. The Balaban J connectivity index is 1.56. The molecule has 0 saturated carbocycles. The highest BCUT2D eigenvalue weighted by Crippen LogP contribution is 2.30. The van der Waals surface area contributed by atoms with E-state index in [0.29, 0.717) is 5.92 Å². The van der Waals surface area contributed by atoms with Gasteiger partial charge < -0.3 is 0 Å². The number of aromatic amines is 1. The molecule has 3 aromatic rings. The molecule has 1 N–H and O–H groups in total. The summed E-state index contributed by atoms with van der Waals surface area (Å²) in [6.07, 6.45) is 1.04. The number of H-pyrrole nitrogens is 1. The van der Waals surface area contributed by atoms with Crippen molar-refractivity contribution in [3.8, 4) is 11.3 Å². The monoisotopic (exact) mass is 331 g/mol. The Kier molecular flexibility index (Phi) is 4.41. The van der Waals surface area contributed by atoms with Crippen LogP contribution in [0.25, 0.3) is 11.3 Å². The van der Waals surface area contributed by atoms with Crippen LogP contribution in [-0.2, 0) is 19.5 Å². The standard InChI is InChI=1S/C22H25N3/c1-16(2)18-8-10-19(11-9-18)22-20-15-25(13-12-21(20)23-24-22)14-17-6-4-3-5-7-17/h3-11,16H,12-15H2,1-2H3,(H,23,24). The van der Waals surface area contributed by atoms with E-state index in [1.54, 1.807) is 0 Å². The predicted molar refractivity (Wildman–Crippen MR) is 102 cm³/mol. The SMILES string of the molecule is CC(C)c1ccc(-c2n[nH]c3c2CN(Cc2ccccc2)CC3)cc1. The molecular weight excluding hydrogens is 306 g/mol. The Bertz CT molecular complexity index is 831. The third-order valence-corrected chi connectivity index (χ3v) is 5.11. The molecule has 0 bridgehead atoms. The predicted octanol–water partition coefficient (Wildman–Crippen LogP) is 4.76. The van der Waals surface area contributed by atoms with Crippen molar-refractivity contribution >= 4 is 0 Å². The van der Waals surface area contributed by atoms with Gasteiger partial charge in [-0.15, -0.1) is 0 Å². The number of rotatable bonds is 4. The third-order valence-electron chi connectivity index (χ3n) is 5.11. The van der Waals surface area contributed by atoms with Crippen molar-refractivity contribution in [1.29, 1.82) is 0 Å². The molecule has 0 aliphatic carbocycles. The minimum atomic E-state index is 0.559. The lowest BCUT2D eigenvalue weighted by Crippen LogP contribution is -2.29. The molecule has 0 unspecified atom stereocenters. The lowest BCUT2D eigenvalue weighted by atomic mass is 9.97. The number of hydrogen-bond acceptors (Lipinski definition) is 2. The number of fused-ring (bicyclic) bond motifs is 1. The van der Waals surface area contributed by atoms with Gasteiger partial charge in [0.05, 0.1) is 5.69 Å². The number of hydrogen-bond donors (Lipinski definition) is 1. The van der Waals surface area contributed by atoms with Gasteiger partial charge in [-0.1, -0.05) is 68.4 Å². The number of aromatic nitrogens is 2. The van der Waals surface area contributed by atoms with Crippen LogP contribution in [0.2, 0.25) is 0 Å². The quantitative estimate of drug-likeness (QED) is 0.747. The molecule has 3 heteroatoms. The Hall–Kier alpha value is -2.39. The molecule has 0 radical (unpaired) electrons. The van der Waals surface area contributed by atoms with Gasteiger partial charge in [-0.3, -0.25) is 10.00 Å². The lowest BCUT2D eigenvalue weighted by Gasteiger charge is -2.27. The molecular formula is C22H25N3. The molecule has 0 spiro atoms. The molecule has 3 nitrogen and oxygen atoms in total. The highest BCUT2D eigenvalue weighted by molar-refractivity contribution is 5.64. The minimum Gasteiger partial charge on any atom is -0.294 e. The summed E-state index contributed by atoms with van der Waals surface area (Å²) in [4.78, 5) is 2.51. The van der Waals surface area contributed by atoms with Gasteiger partial charge in [0, 0.05) is 42.9 Å². The van der Waals surface area contributed by atoms with Crippen molar-refractivity contribution in [2.75, 3.05) is 6.54 Å². The summed E-state index contributed by atoms with van der Waals surface area (Å²) >= 11 is 0. The van der Waals surface area contributed by atoms with Crippen LogP contribution in [0.1, 0.15) is 42.1 Å². The molecule has 0 atom stereocenters. The molecule has 1 aromatic heterocycles. The van der Waals surface area contributed by atoms with Gasteiger partial charge in [-0.2, -0.15) is 5.10 Å². The summed E-state index contributed by atoms with van der Waals surface area (Å²) in [6.45, 7) is 7.49. The van der Waals surface area contributed by atoms with Crippen LogP contribution in [0.5, 0.6) is 0 Å². The smallest absolute Gasteiger partial charge is 0.0968 e. The van der Waals surface area contributed by atoms with Gasteiger partial charge >= 0.3 is 0 Å². The second-order valence-corrected chi connectivity index (χ2v) is 7.25. The average Bonchev–Trinajstić information content (AvgIpc) is 3.06. The summed E-state index contributed by atoms with van der Waals surface area (Å²) in [6, 6.07) is 19.6. The summed E-state index contributed by atoms with van der Waals surface area (Å²) in [5, 5.41) is 7.90. The summed E-state index contributed by atoms with van der Waals surface area (Å²) in [5.74, 6) is 0.559. The lowest BCUT2D eigenvalue weighted by molar-refractivity contribution is 0.245. The highest BCUT2D eigenvalue weighted by Gasteiger charge is 2.22. The molecule has 0 fully saturated rings. The van der Waals surface area contributed by atoms with E-state index in [4.69, 9.17) is 0 Å². The normalized spacial score (nSPS) is 14.7. The molecule has 128 valence electrons. The Labute approximate surface area is 149 Å². The highest BCUT2D eigenvalue weighted by atomic mass is 15.2. The fraction of sp³-hybridized carbons (Fsp3) is 0.318. The maximum Gasteiger partial charge on any atom is 0.0968 e. The van der Waals surface area contributed by atoms with Crippen molar-refractivity contribution < 1.29 is 0 Å². The number of benzene rings is 2. The second-order valence-electron chi connectivity index (χ2n) is 7.25. The van der Waals surface area contributed by atoms with Gasteiger partial charge in [0.2, 0.25) is 0 Å². The molecule has 0 saturated heterocycles. The fourth-order valence-electron chi connectivity index (χ4n) is 3.59. The van der Waals surface area contributed by atoms with Crippen molar-refractivity contribution in [3.63, 3.8) is 0 Å². The zero-order valence-corrected chi connectivity index (χ0v) is 15.0. The van der Waals surface area contributed by atoms with Crippen LogP contribution in [-0.4, -0.2) is 21.6 Å². The summed E-state index contributed by atoms with van der Waals surface area (Å²) in [5.41, 5.74) is 7.73. The van der Waals surface area contributed by atoms with E-state index in [-0.39, 0.29) is 0 Å². The van der Waals surface area contributed by atoms with Gasteiger partial charge in [-0.25, -0.2) is 0 Å². The summed E-state index contributed by atoms with van der Waals surface area (Å²) < 4.78 is 0. The fourth-order valence-corrected chi connectivity index (χ4v) is 3.59. The van der Waals surface area contributed by atoms with E-state index in [0.717, 1.165) is 31.7 Å². The van der Waals surface area contributed by atoms with E-state index < -0.39 is 0 Å². The van der Waals surface area contributed by atoms with Crippen molar-refractivity contribution in [1.82, 2.24) is 15.1 Å². The van der Waals surface area contributed by atoms with Crippen LogP contribution in [0.4, 0.5) is 0 Å². The Morgan fingerprint density at radius 1 is 1.04 bits per heavy atom. The van der Waals surface area contributed by atoms with Crippen LogP contribution in [0.15, 0.2) is 54.6 Å². The molecule has 2 heterocycles. The van der Waals surface area contributed by atoms with Crippen molar-refractivity contribution in [2.45, 2.75) is 39.3 Å². The second kappa shape index (κ2) is 6.85. The van der Waals surface area contributed by atoms with Crippen molar-refractivity contribution in [2.24, 2.45) is 0 Å². The largest absolute Gasteiger partial charge is 0.294 e. The van der Waals surface area contributed by atoms with E-state index in [1.165, 1.54) is 27.9 Å². The van der Waals surface area contributed by atoms with Crippen LogP contribution < -0.4 is 0 Å². The van der Waals surface area contributed by atoms with Gasteiger partial charge in [-0.05, 0) is 17.0 Å². The Morgan fingerprint density at radius 3 is 2.52 bits per heavy atom. The van der Waals surface area contributed by atoms with Crippen LogP contribution in [0.3, 0.4) is 0 Å². The molecule has 1 aliphatic heterocycles.